The van der Waals surface area contributed by atoms with Gasteiger partial charge in [-0.1, -0.05) is 133 Å². The molecule has 8 aromatic carbocycles. The van der Waals surface area contributed by atoms with Crippen molar-refractivity contribution < 1.29 is 8.83 Å². The molecule has 5 heterocycles. The Balaban J connectivity index is 1.03. The third kappa shape index (κ3) is 5.66. The minimum Gasteiger partial charge on any atom is -0.456 e. The van der Waals surface area contributed by atoms with E-state index in [4.69, 9.17) is 33.8 Å². The number of aromatic nitrogens is 6. The summed E-state index contributed by atoms with van der Waals surface area (Å²) in [5.41, 5.74) is 11.9. The summed E-state index contributed by atoms with van der Waals surface area (Å²) in [5, 5.41) is 5.07. The molecule has 8 heteroatoms. The SMILES string of the molecule is c1ccc(-c2nc(-c3ccccc3)nc(-c3cccc4oc5ccc(-c6nc(-c7ccc8c9ccccc9n(-c9ccccc9)c8c7)nc7c6oc6ccccc67)cc5c34)n2)cc1. The van der Waals surface area contributed by atoms with Crippen molar-refractivity contribution in [2.45, 2.75) is 0 Å². The van der Waals surface area contributed by atoms with Crippen molar-refractivity contribution >= 4 is 65.8 Å². The van der Waals surface area contributed by atoms with Crippen LogP contribution >= 0.6 is 0 Å². The van der Waals surface area contributed by atoms with Gasteiger partial charge in [-0.05, 0) is 60.7 Å². The minimum atomic E-state index is 0.550. The molecule has 0 spiro atoms. The van der Waals surface area contributed by atoms with E-state index in [1.54, 1.807) is 0 Å². The number of fused-ring (bicyclic) bond motifs is 9. The maximum Gasteiger partial charge on any atom is 0.180 e. The Morgan fingerprint density at radius 3 is 1.73 bits per heavy atom. The molecule has 8 nitrogen and oxygen atoms in total. The van der Waals surface area contributed by atoms with E-state index in [-0.39, 0.29) is 0 Å². The van der Waals surface area contributed by atoms with Gasteiger partial charge in [0.2, 0.25) is 0 Å². The van der Waals surface area contributed by atoms with Gasteiger partial charge in [0.15, 0.2) is 28.9 Å². The van der Waals surface area contributed by atoms with Crippen molar-refractivity contribution in [1.29, 1.82) is 0 Å². The zero-order valence-corrected chi connectivity index (χ0v) is 33.5. The maximum atomic E-state index is 6.62. The number of para-hydroxylation sites is 3. The molecule has 63 heavy (non-hydrogen) atoms. The molecular formula is C55H32N6O2. The van der Waals surface area contributed by atoms with Crippen LogP contribution in [0.1, 0.15) is 0 Å². The second-order valence-corrected chi connectivity index (χ2v) is 15.6. The lowest BCUT2D eigenvalue weighted by Crippen LogP contribution is -2.00. The summed E-state index contributed by atoms with van der Waals surface area (Å²) in [5.74, 6) is 2.33. The Labute approximate surface area is 359 Å². The molecule has 0 radical (unpaired) electrons. The van der Waals surface area contributed by atoms with E-state index in [1.165, 1.54) is 5.39 Å². The molecule has 0 aliphatic carbocycles. The van der Waals surface area contributed by atoms with Crippen molar-refractivity contribution in [3.63, 3.8) is 0 Å². The normalized spacial score (nSPS) is 11.8. The Morgan fingerprint density at radius 1 is 0.349 bits per heavy atom. The third-order valence-electron chi connectivity index (χ3n) is 11.9. The van der Waals surface area contributed by atoms with E-state index in [0.29, 0.717) is 34.6 Å². The molecule has 0 bridgehead atoms. The third-order valence-corrected chi connectivity index (χ3v) is 11.9. The van der Waals surface area contributed by atoms with Gasteiger partial charge in [0.25, 0.3) is 0 Å². The Kier molecular flexibility index (Phi) is 7.74. The molecule has 0 N–H and O–H groups in total. The van der Waals surface area contributed by atoms with E-state index in [2.05, 4.69) is 83.4 Å². The summed E-state index contributed by atoms with van der Waals surface area (Å²) >= 11 is 0. The molecular weight excluding hydrogens is 777 g/mol. The van der Waals surface area contributed by atoms with Crippen LogP contribution in [0.4, 0.5) is 0 Å². The number of benzene rings is 8. The largest absolute Gasteiger partial charge is 0.456 e. The van der Waals surface area contributed by atoms with Gasteiger partial charge in [0.05, 0.1) is 11.0 Å². The molecule has 294 valence electrons. The number of nitrogens with zero attached hydrogens (tertiary/aromatic N) is 6. The Bertz CT molecular complexity index is 3850. The van der Waals surface area contributed by atoms with Gasteiger partial charge in [-0.3, -0.25) is 0 Å². The average molecular weight is 809 g/mol. The lowest BCUT2D eigenvalue weighted by molar-refractivity contribution is 0.666. The monoisotopic (exact) mass is 808 g/mol. The lowest BCUT2D eigenvalue weighted by Gasteiger charge is -2.10. The first-order valence-electron chi connectivity index (χ1n) is 20.8. The first-order chi connectivity index (χ1) is 31.2. The highest BCUT2D eigenvalue weighted by Crippen LogP contribution is 2.42. The van der Waals surface area contributed by atoms with Gasteiger partial charge in [0, 0.05) is 60.4 Å². The van der Waals surface area contributed by atoms with Crippen LogP contribution in [-0.4, -0.2) is 29.5 Å². The summed E-state index contributed by atoms with van der Waals surface area (Å²) in [6.45, 7) is 0. The second kappa shape index (κ2) is 13.9. The summed E-state index contributed by atoms with van der Waals surface area (Å²) in [4.78, 5) is 25.7. The molecule has 0 saturated carbocycles. The van der Waals surface area contributed by atoms with Crippen LogP contribution in [0.5, 0.6) is 0 Å². The van der Waals surface area contributed by atoms with Crippen LogP contribution in [-0.2, 0) is 0 Å². The summed E-state index contributed by atoms with van der Waals surface area (Å²) in [7, 11) is 0. The van der Waals surface area contributed by atoms with Crippen LogP contribution in [0.15, 0.2) is 203 Å². The first-order valence-corrected chi connectivity index (χ1v) is 20.8. The minimum absolute atomic E-state index is 0.550. The van der Waals surface area contributed by atoms with Gasteiger partial charge in [-0.2, -0.15) is 0 Å². The zero-order chi connectivity index (χ0) is 41.4. The number of rotatable bonds is 6. The van der Waals surface area contributed by atoms with Gasteiger partial charge >= 0.3 is 0 Å². The van der Waals surface area contributed by atoms with E-state index < -0.39 is 0 Å². The smallest absolute Gasteiger partial charge is 0.180 e. The van der Waals surface area contributed by atoms with E-state index in [0.717, 1.165) is 88.3 Å². The number of hydrogen-bond donors (Lipinski definition) is 0. The number of hydrogen-bond acceptors (Lipinski definition) is 7. The molecule has 13 aromatic rings. The fourth-order valence-electron chi connectivity index (χ4n) is 8.97. The van der Waals surface area contributed by atoms with Crippen LogP contribution in [0, 0.1) is 0 Å². The highest BCUT2D eigenvalue weighted by molar-refractivity contribution is 6.14. The molecule has 0 atom stereocenters. The lowest BCUT2D eigenvalue weighted by atomic mass is 10.0. The van der Waals surface area contributed by atoms with Crippen molar-refractivity contribution in [3.8, 4) is 62.5 Å². The fourth-order valence-corrected chi connectivity index (χ4v) is 8.97. The van der Waals surface area contributed by atoms with Crippen LogP contribution in [0.25, 0.3) is 128 Å². The summed E-state index contributed by atoms with van der Waals surface area (Å²) in [6.07, 6.45) is 0. The van der Waals surface area contributed by atoms with Gasteiger partial charge < -0.3 is 13.4 Å². The standard InChI is InChI=1S/C55H32N6O2/c1-4-15-33(16-5-1)52-58-53(34-17-6-2-7-18-34)60-55(59-52)41-23-14-26-47-48(41)42-31-35(28-30-46(42)62-47)49-51-50(40-22-11-13-25-45(40)63-51)57-54(56-49)36-27-29-39-38-21-10-12-24-43(38)61(44(39)32-36)37-19-8-3-9-20-37/h1-32H. The van der Waals surface area contributed by atoms with E-state index in [9.17, 15) is 0 Å². The number of furan rings is 2. The average Bonchev–Trinajstić information content (AvgIpc) is 4.03. The molecule has 0 amide bonds. The van der Waals surface area contributed by atoms with Crippen LogP contribution in [0.3, 0.4) is 0 Å². The van der Waals surface area contributed by atoms with Crippen molar-refractivity contribution in [3.05, 3.63) is 194 Å². The first kappa shape index (κ1) is 35.0. The van der Waals surface area contributed by atoms with Crippen molar-refractivity contribution in [1.82, 2.24) is 29.5 Å². The highest BCUT2D eigenvalue weighted by Gasteiger charge is 2.23. The maximum absolute atomic E-state index is 6.62. The molecule has 0 aliphatic rings. The molecule has 0 aliphatic heterocycles. The van der Waals surface area contributed by atoms with E-state index in [1.807, 2.05) is 115 Å². The fraction of sp³-hybridized carbons (Fsp3) is 0. The predicted octanol–water partition coefficient (Wildman–Crippen LogP) is 13.9. The van der Waals surface area contributed by atoms with Gasteiger partial charge in [-0.25, -0.2) is 24.9 Å². The highest BCUT2D eigenvalue weighted by atomic mass is 16.3. The van der Waals surface area contributed by atoms with Crippen LogP contribution in [0.2, 0.25) is 0 Å². The molecule has 5 aromatic heterocycles. The molecule has 0 saturated heterocycles. The Morgan fingerprint density at radius 2 is 0.952 bits per heavy atom. The second-order valence-electron chi connectivity index (χ2n) is 15.6. The van der Waals surface area contributed by atoms with Gasteiger partial charge in [0.1, 0.15) is 28.0 Å². The molecule has 0 unspecified atom stereocenters. The quantitative estimate of drug-likeness (QED) is 0.165. The predicted molar refractivity (Wildman–Crippen MR) is 251 cm³/mol. The molecule has 0 fully saturated rings. The van der Waals surface area contributed by atoms with Crippen molar-refractivity contribution in [2.75, 3.05) is 0 Å². The van der Waals surface area contributed by atoms with Crippen molar-refractivity contribution in [2.24, 2.45) is 0 Å². The summed E-state index contributed by atoms with van der Waals surface area (Å²) in [6, 6.07) is 65.8. The zero-order valence-electron chi connectivity index (χ0n) is 33.5. The van der Waals surface area contributed by atoms with Crippen LogP contribution < -0.4 is 0 Å². The van der Waals surface area contributed by atoms with E-state index >= 15 is 0 Å². The van der Waals surface area contributed by atoms with Gasteiger partial charge in [-0.15, -0.1) is 0 Å². The topological polar surface area (TPSA) is 95.7 Å². The molecule has 13 rings (SSSR count). The summed E-state index contributed by atoms with van der Waals surface area (Å²) < 4.78 is 15.5. The Hall–Kier alpha value is -8.75.